The first-order valence-corrected chi connectivity index (χ1v) is 7.43. The molecule has 2 aromatic rings. The van der Waals surface area contributed by atoms with E-state index in [2.05, 4.69) is 20.4 Å². The molecule has 0 bridgehead atoms. The lowest BCUT2D eigenvalue weighted by molar-refractivity contribution is 0.0931. The third-order valence-electron chi connectivity index (χ3n) is 3.84. The second kappa shape index (κ2) is 6.44. The lowest BCUT2D eigenvalue weighted by atomic mass is 10.0. The highest BCUT2D eigenvalue weighted by Gasteiger charge is 2.23. The SMILES string of the molecule is Cn1cc(C(=O)NC2CCN(c3nccc(C#N)n3)CC2)cn1. The van der Waals surface area contributed by atoms with E-state index in [1.807, 2.05) is 11.0 Å². The molecule has 118 valence electrons. The van der Waals surface area contributed by atoms with Gasteiger partial charge in [0.05, 0.1) is 11.8 Å². The predicted octanol–water partition coefficient (Wildman–Crippen LogP) is 0.481. The van der Waals surface area contributed by atoms with E-state index >= 15 is 0 Å². The number of nitrogens with zero attached hydrogens (tertiary/aromatic N) is 6. The van der Waals surface area contributed by atoms with Gasteiger partial charge in [-0.3, -0.25) is 9.48 Å². The molecule has 0 unspecified atom stereocenters. The minimum atomic E-state index is -0.0979. The Hall–Kier alpha value is -2.95. The van der Waals surface area contributed by atoms with Crippen LogP contribution in [0.4, 0.5) is 5.95 Å². The van der Waals surface area contributed by atoms with Crippen molar-refractivity contribution in [2.45, 2.75) is 18.9 Å². The fraction of sp³-hybridized carbons (Fsp3) is 0.400. The Labute approximate surface area is 133 Å². The molecule has 0 saturated carbocycles. The van der Waals surface area contributed by atoms with Crippen LogP contribution in [0.3, 0.4) is 0 Å². The molecule has 1 aliphatic rings. The first-order valence-electron chi connectivity index (χ1n) is 7.43. The number of aryl methyl sites for hydroxylation is 1. The topological polar surface area (TPSA) is 99.7 Å². The van der Waals surface area contributed by atoms with E-state index in [1.165, 1.54) is 0 Å². The zero-order chi connectivity index (χ0) is 16.2. The molecule has 8 nitrogen and oxygen atoms in total. The van der Waals surface area contributed by atoms with E-state index in [-0.39, 0.29) is 11.9 Å². The summed E-state index contributed by atoms with van der Waals surface area (Å²) in [5.41, 5.74) is 0.932. The number of aromatic nitrogens is 4. The van der Waals surface area contributed by atoms with Gasteiger partial charge in [-0.25, -0.2) is 9.97 Å². The summed E-state index contributed by atoms with van der Waals surface area (Å²) >= 11 is 0. The van der Waals surface area contributed by atoms with E-state index in [4.69, 9.17) is 5.26 Å². The molecule has 3 rings (SSSR count). The third-order valence-corrected chi connectivity index (χ3v) is 3.84. The van der Waals surface area contributed by atoms with Crippen LogP contribution in [0.2, 0.25) is 0 Å². The van der Waals surface area contributed by atoms with Crippen LogP contribution < -0.4 is 10.2 Å². The second-order valence-corrected chi connectivity index (χ2v) is 5.49. The monoisotopic (exact) mass is 311 g/mol. The first kappa shape index (κ1) is 15.0. The van der Waals surface area contributed by atoms with Crippen LogP contribution >= 0.6 is 0 Å². The zero-order valence-electron chi connectivity index (χ0n) is 12.8. The molecular weight excluding hydrogens is 294 g/mol. The van der Waals surface area contributed by atoms with Gasteiger partial charge in [0.25, 0.3) is 5.91 Å². The van der Waals surface area contributed by atoms with E-state index in [0.717, 1.165) is 25.9 Å². The molecule has 8 heteroatoms. The molecule has 0 spiro atoms. The van der Waals surface area contributed by atoms with E-state index in [0.29, 0.717) is 17.2 Å². The summed E-state index contributed by atoms with van der Waals surface area (Å²) in [6.45, 7) is 1.49. The van der Waals surface area contributed by atoms with Crippen molar-refractivity contribution in [1.29, 1.82) is 5.26 Å². The van der Waals surface area contributed by atoms with Crippen LogP contribution in [0.15, 0.2) is 24.7 Å². The number of piperidine rings is 1. The number of hydrogen-bond donors (Lipinski definition) is 1. The lowest BCUT2D eigenvalue weighted by Crippen LogP contribution is -2.45. The van der Waals surface area contributed by atoms with Gasteiger partial charge in [-0.15, -0.1) is 0 Å². The maximum absolute atomic E-state index is 12.1. The number of carbonyl (C=O) groups excluding carboxylic acids is 1. The van der Waals surface area contributed by atoms with E-state index < -0.39 is 0 Å². The molecule has 1 aliphatic heterocycles. The number of hydrogen-bond acceptors (Lipinski definition) is 6. The highest BCUT2D eigenvalue weighted by molar-refractivity contribution is 5.93. The molecule has 0 aliphatic carbocycles. The second-order valence-electron chi connectivity index (χ2n) is 5.49. The molecule has 2 aromatic heterocycles. The molecule has 1 N–H and O–H groups in total. The number of rotatable bonds is 3. The largest absolute Gasteiger partial charge is 0.349 e. The summed E-state index contributed by atoms with van der Waals surface area (Å²) < 4.78 is 1.61. The molecule has 1 amide bonds. The minimum absolute atomic E-state index is 0.0979. The number of nitriles is 1. The molecule has 0 radical (unpaired) electrons. The summed E-state index contributed by atoms with van der Waals surface area (Å²) in [5.74, 6) is 0.473. The van der Waals surface area contributed by atoms with Crippen molar-refractivity contribution in [3.05, 3.63) is 35.9 Å². The number of carbonyl (C=O) groups is 1. The highest BCUT2D eigenvalue weighted by Crippen LogP contribution is 2.16. The van der Waals surface area contributed by atoms with Crippen LogP contribution in [0.1, 0.15) is 28.9 Å². The van der Waals surface area contributed by atoms with Crippen molar-refractivity contribution >= 4 is 11.9 Å². The Bertz CT molecular complexity index is 740. The lowest BCUT2D eigenvalue weighted by Gasteiger charge is -2.32. The average Bonchev–Trinajstić information content (AvgIpc) is 3.02. The summed E-state index contributed by atoms with van der Waals surface area (Å²) in [7, 11) is 1.78. The molecule has 0 aromatic carbocycles. The van der Waals surface area contributed by atoms with Crippen LogP contribution in [-0.2, 0) is 7.05 Å². The van der Waals surface area contributed by atoms with Crippen molar-refractivity contribution in [2.24, 2.45) is 7.05 Å². The summed E-state index contributed by atoms with van der Waals surface area (Å²) in [4.78, 5) is 22.6. The molecule has 0 atom stereocenters. The van der Waals surface area contributed by atoms with Crippen molar-refractivity contribution in [1.82, 2.24) is 25.1 Å². The van der Waals surface area contributed by atoms with Crippen molar-refractivity contribution in [2.75, 3.05) is 18.0 Å². The average molecular weight is 311 g/mol. The van der Waals surface area contributed by atoms with Gasteiger partial charge >= 0.3 is 0 Å². The first-order chi connectivity index (χ1) is 11.2. The fourth-order valence-corrected chi connectivity index (χ4v) is 2.59. The quantitative estimate of drug-likeness (QED) is 0.885. The summed E-state index contributed by atoms with van der Waals surface area (Å²) in [6, 6.07) is 3.73. The van der Waals surface area contributed by atoms with Gasteiger partial charge in [0.15, 0.2) is 0 Å². The number of nitrogens with one attached hydrogen (secondary N) is 1. The number of anilines is 1. The van der Waals surface area contributed by atoms with Crippen LogP contribution in [0.5, 0.6) is 0 Å². The maximum atomic E-state index is 12.1. The van der Waals surface area contributed by atoms with Crippen LogP contribution in [0, 0.1) is 11.3 Å². The smallest absolute Gasteiger partial charge is 0.254 e. The Morgan fingerprint density at radius 2 is 2.22 bits per heavy atom. The van der Waals surface area contributed by atoms with Gasteiger partial charge in [-0.05, 0) is 18.9 Å². The summed E-state index contributed by atoms with van der Waals surface area (Å²) in [6.07, 6.45) is 6.48. The highest BCUT2D eigenvalue weighted by atomic mass is 16.1. The van der Waals surface area contributed by atoms with Gasteiger partial charge in [0.2, 0.25) is 5.95 Å². The molecule has 1 fully saturated rings. The van der Waals surface area contributed by atoms with Gasteiger partial charge in [-0.2, -0.15) is 10.4 Å². The maximum Gasteiger partial charge on any atom is 0.254 e. The Kier molecular flexibility index (Phi) is 4.19. The van der Waals surface area contributed by atoms with Gasteiger partial charge < -0.3 is 10.2 Å². The van der Waals surface area contributed by atoms with Crippen LogP contribution in [-0.4, -0.2) is 44.8 Å². The van der Waals surface area contributed by atoms with Crippen molar-refractivity contribution in [3.63, 3.8) is 0 Å². The molecule has 23 heavy (non-hydrogen) atoms. The van der Waals surface area contributed by atoms with Crippen molar-refractivity contribution in [3.8, 4) is 6.07 Å². The normalized spacial score (nSPS) is 15.2. The van der Waals surface area contributed by atoms with Gasteiger partial charge in [0.1, 0.15) is 11.8 Å². The van der Waals surface area contributed by atoms with Gasteiger partial charge in [-0.1, -0.05) is 0 Å². The minimum Gasteiger partial charge on any atom is -0.349 e. The zero-order valence-corrected chi connectivity index (χ0v) is 12.8. The fourth-order valence-electron chi connectivity index (χ4n) is 2.59. The summed E-state index contributed by atoms with van der Waals surface area (Å²) in [5, 5.41) is 15.9. The molecular formula is C15H17N7O. The Morgan fingerprint density at radius 1 is 1.43 bits per heavy atom. The van der Waals surface area contributed by atoms with Gasteiger partial charge in [0, 0.05) is 38.6 Å². The Morgan fingerprint density at radius 3 is 2.87 bits per heavy atom. The predicted molar refractivity (Wildman–Crippen MR) is 82.7 cm³/mol. The molecule has 1 saturated heterocycles. The number of amides is 1. The third kappa shape index (κ3) is 3.45. The van der Waals surface area contributed by atoms with E-state index in [1.54, 1.807) is 36.4 Å². The standard InChI is InChI=1S/C15H17N7O/c1-21-10-11(9-18-21)14(23)19-12-3-6-22(7-4-12)15-17-5-2-13(8-16)20-15/h2,5,9-10,12H,3-4,6-7H2,1H3,(H,19,23). The van der Waals surface area contributed by atoms with Crippen LogP contribution in [0.25, 0.3) is 0 Å². The van der Waals surface area contributed by atoms with E-state index in [9.17, 15) is 4.79 Å². The van der Waals surface area contributed by atoms with Crippen molar-refractivity contribution < 1.29 is 4.79 Å². The molecule has 3 heterocycles. The Balaban J connectivity index is 1.56.